The van der Waals surface area contributed by atoms with Crippen molar-refractivity contribution in [3.63, 3.8) is 0 Å². The van der Waals surface area contributed by atoms with Crippen molar-refractivity contribution in [3.05, 3.63) is 96.7 Å². The number of nitrogens with one attached hydrogen (secondary N) is 1. The van der Waals surface area contributed by atoms with Gasteiger partial charge in [-0.3, -0.25) is 0 Å². The first-order valence-electron chi connectivity index (χ1n) is 8.94. The molecular formula is C23H22N3+. The van der Waals surface area contributed by atoms with Crippen molar-refractivity contribution in [2.24, 2.45) is 0 Å². The number of imidazole rings is 1. The number of rotatable bonds is 5. The summed E-state index contributed by atoms with van der Waals surface area (Å²) in [7, 11) is 0. The monoisotopic (exact) mass is 340 g/mol. The van der Waals surface area contributed by atoms with Gasteiger partial charge in [-0.05, 0) is 23.3 Å². The van der Waals surface area contributed by atoms with Crippen LogP contribution in [0.15, 0.2) is 85.3 Å². The molecule has 0 spiro atoms. The summed E-state index contributed by atoms with van der Waals surface area (Å²) in [4.78, 5) is 7.33. The minimum absolute atomic E-state index is 0.910. The lowest BCUT2D eigenvalue weighted by Crippen LogP contribution is -2.40. The van der Waals surface area contributed by atoms with Crippen LogP contribution in [0.5, 0.6) is 0 Å². The summed E-state index contributed by atoms with van der Waals surface area (Å²) in [6.45, 7) is 3.10. The van der Waals surface area contributed by atoms with Gasteiger partial charge in [-0.25, -0.2) is 4.98 Å². The van der Waals surface area contributed by atoms with Crippen LogP contribution in [-0.4, -0.2) is 9.97 Å². The number of aromatic amines is 1. The van der Waals surface area contributed by atoms with Crippen molar-refractivity contribution in [3.8, 4) is 22.4 Å². The fraction of sp³-hybridized carbons (Fsp3) is 0.130. The van der Waals surface area contributed by atoms with Gasteiger partial charge in [0, 0.05) is 42.9 Å². The number of hydrogen-bond donors (Lipinski definition) is 1. The molecule has 0 aliphatic heterocycles. The molecule has 1 N–H and O–H groups in total. The molecule has 3 heteroatoms. The van der Waals surface area contributed by atoms with Crippen LogP contribution in [0.25, 0.3) is 22.4 Å². The highest BCUT2D eigenvalue weighted by atomic mass is 15.0. The molecule has 2 aromatic carbocycles. The lowest BCUT2D eigenvalue weighted by molar-refractivity contribution is -0.691. The number of H-pyrrole nitrogens is 1. The highest BCUT2D eigenvalue weighted by Gasteiger charge is 2.18. The maximum absolute atomic E-state index is 4.13. The van der Waals surface area contributed by atoms with Gasteiger partial charge in [0.2, 0.25) is 5.69 Å². The van der Waals surface area contributed by atoms with E-state index >= 15 is 0 Å². The number of nitrogens with zero attached hydrogens (tertiary/aromatic N) is 2. The summed E-state index contributed by atoms with van der Waals surface area (Å²) >= 11 is 0. The second-order valence-corrected chi connectivity index (χ2v) is 6.48. The van der Waals surface area contributed by atoms with Crippen LogP contribution < -0.4 is 4.57 Å². The SMILES string of the molecule is Cc1cc(-c2ccccc2)cc(-c2ccccc2)[n+]1CCc1cnc[nH]1. The Balaban J connectivity index is 1.79. The molecule has 4 aromatic rings. The van der Waals surface area contributed by atoms with E-state index in [1.165, 1.54) is 28.1 Å². The van der Waals surface area contributed by atoms with Crippen LogP contribution in [0.2, 0.25) is 0 Å². The zero-order chi connectivity index (χ0) is 17.8. The molecule has 3 nitrogen and oxygen atoms in total. The predicted molar refractivity (Wildman–Crippen MR) is 105 cm³/mol. The minimum Gasteiger partial charge on any atom is -0.348 e. The van der Waals surface area contributed by atoms with Crippen LogP contribution in [0.1, 0.15) is 11.4 Å². The lowest BCUT2D eigenvalue weighted by Gasteiger charge is -2.10. The highest BCUT2D eigenvalue weighted by molar-refractivity contribution is 5.69. The quantitative estimate of drug-likeness (QED) is 0.530. The Labute approximate surface area is 154 Å². The average Bonchev–Trinajstić information content (AvgIpc) is 3.21. The first-order chi connectivity index (χ1) is 12.8. The van der Waals surface area contributed by atoms with E-state index in [0.29, 0.717) is 0 Å². The summed E-state index contributed by atoms with van der Waals surface area (Å²) in [6.07, 6.45) is 4.57. The van der Waals surface area contributed by atoms with Crippen molar-refractivity contribution in [1.29, 1.82) is 0 Å². The van der Waals surface area contributed by atoms with E-state index in [4.69, 9.17) is 0 Å². The van der Waals surface area contributed by atoms with Gasteiger partial charge in [-0.15, -0.1) is 0 Å². The standard InChI is InChI=1S/C23H22N3/c1-18-14-21(19-8-4-2-5-9-19)15-23(20-10-6-3-7-11-20)26(18)13-12-22-16-24-17-25-22/h2-11,14-17H,12-13H2,1H3,(H,24,25)/q+1. The Morgan fingerprint density at radius 3 is 2.19 bits per heavy atom. The van der Waals surface area contributed by atoms with E-state index in [-0.39, 0.29) is 0 Å². The van der Waals surface area contributed by atoms with Gasteiger partial charge in [-0.2, -0.15) is 4.57 Å². The topological polar surface area (TPSA) is 32.6 Å². The third kappa shape index (κ3) is 3.42. The van der Waals surface area contributed by atoms with E-state index in [1.807, 2.05) is 6.20 Å². The molecule has 26 heavy (non-hydrogen) atoms. The number of aryl methyl sites for hydroxylation is 2. The lowest BCUT2D eigenvalue weighted by atomic mass is 10.0. The van der Waals surface area contributed by atoms with Crippen molar-refractivity contribution in [2.45, 2.75) is 19.9 Å². The molecule has 0 aliphatic rings. The maximum atomic E-state index is 4.13. The average molecular weight is 340 g/mol. The van der Waals surface area contributed by atoms with E-state index in [9.17, 15) is 0 Å². The highest BCUT2D eigenvalue weighted by Crippen LogP contribution is 2.25. The molecule has 2 aromatic heterocycles. The molecular weight excluding hydrogens is 318 g/mol. The second kappa shape index (κ2) is 7.36. The molecule has 0 unspecified atom stereocenters. The summed E-state index contributed by atoms with van der Waals surface area (Å²) in [5, 5.41) is 0. The molecule has 2 heterocycles. The summed E-state index contributed by atoms with van der Waals surface area (Å²) in [6, 6.07) is 25.7. The van der Waals surface area contributed by atoms with E-state index in [0.717, 1.165) is 18.7 Å². The van der Waals surface area contributed by atoms with Gasteiger partial charge >= 0.3 is 0 Å². The van der Waals surface area contributed by atoms with Crippen molar-refractivity contribution in [2.75, 3.05) is 0 Å². The molecule has 0 aliphatic carbocycles. The number of benzene rings is 2. The van der Waals surface area contributed by atoms with E-state index in [1.54, 1.807) is 6.33 Å². The van der Waals surface area contributed by atoms with Gasteiger partial charge in [0.05, 0.1) is 6.33 Å². The third-order valence-electron chi connectivity index (χ3n) is 4.71. The van der Waals surface area contributed by atoms with Crippen molar-refractivity contribution >= 4 is 0 Å². The van der Waals surface area contributed by atoms with E-state index < -0.39 is 0 Å². The fourth-order valence-corrected chi connectivity index (χ4v) is 3.36. The molecule has 4 rings (SSSR count). The summed E-state index contributed by atoms with van der Waals surface area (Å²) in [5.41, 5.74) is 7.38. The third-order valence-corrected chi connectivity index (χ3v) is 4.71. The van der Waals surface area contributed by atoms with Gasteiger partial charge < -0.3 is 4.98 Å². The smallest absolute Gasteiger partial charge is 0.213 e. The van der Waals surface area contributed by atoms with Crippen LogP contribution in [0.4, 0.5) is 0 Å². The van der Waals surface area contributed by atoms with Crippen molar-refractivity contribution < 1.29 is 4.57 Å². The largest absolute Gasteiger partial charge is 0.348 e. The van der Waals surface area contributed by atoms with Crippen molar-refractivity contribution in [1.82, 2.24) is 9.97 Å². The zero-order valence-corrected chi connectivity index (χ0v) is 14.9. The predicted octanol–water partition coefficient (Wildman–Crippen LogP) is 4.58. The Morgan fingerprint density at radius 1 is 0.846 bits per heavy atom. The Morgan fingerprint density at radius 2 is 1.54 bits per heavy atom. The Bertz CT molecular complexity index is 975. The van der Waals surface area contributed by atoms with E-state index in [2.05, 4.69) is 94.3 Å². The maximum Gasteiger partial charge on any atom is 0.213 e. The zero-order valence-electron chi connectivity index (χ0n) is 14.9. The molecule has 0 saturated carbocycles. The molecule has 0 radical (unpaired) electrons. The number of pyridine rings is 1. The summed E-state index contributed by atoms with van der Waals surface area (Å²) in [5.74, 6) is 0. The van der Waals surface area contributed by atoms with Crippen LogP contribution in [0.3, 0.4) is 0 Å². The molecule has 0 atom stereocenters. The van der Waals surface area contributed by atoms with Gasteiger partial charge in [0.25, 0.3) is 0 Å². The number of hydrogen-bond acceptors (Lipinski definition) is 1. The Kier molecular flexibility index (Phi) is 4.61. The fourth-order valence-electron chi connectivity index (χ4n) is 3.36. The normalized spacial score (nSPS) is 10.8. The Hall–Kier alpha value is -3.20. The summed E-state index contributed by atoms with van der Waals surface area (Å²) < 4.78 is 2.39. The van der Waals surface area contributed by atoms with Crippen LogP contribution in [-0.2, 0) is 13.0 Å². The number of aromatic nitrogens is 3. The first-order valence-corrected chi connectivity index (χ1v) is 8.94. The van der Waals surface area contributed by atoms with Crippen LogP contribution >= 0.6 is 0 Å². The van der Waals surface area contributed by atoms with Gasteiger partial charge in [-0.1, -0.05) is 48.5 Å². The molecule has 0 saturated heterocycles. The van der Waals surface area contributed by atoms with Gasteiger partial charge in [0.1, 0.15) is 0 Å². The molecule has 0 bridgehead atoms. The molecule has 128 valence electrons. The second-order valence-electron chi connectivity index (χ2n) is 6.48. The molecule has 0 amide bonds. The molecule has 0 fully saturated rings. The van der Waals surface area contributed by atoms with Gasteiger partial charge in [0.15, 0.2) is 12.2 Å². The first kappa shape index (κ1) is 16.3. The minimum atomic E-state index is 0.910. The van der Waals surface area contributed by atoms with Crippen LogP contribution in [0, 0.1) is 6.92 Å².